The first-order valence-corrected chi connectivity index (χ1v) is 7.41. The summed E-state index contributed by atoms with van der Waals surface area (Å²) in [5.74, 6) is 0.595. The monoisotopic (exact) mass is 281 g/mol. The smallest absolute Gasteiger partial charge is 0.273 e. The summed E-state index contributed by atoms with van der Waals surface area (Å²) in [6.45, 7) is 2.28. The topological polar surface area (TPSA) is 104 Å². The van der Waals surface area contributed by atoms with Crippen molar-refractivity contribution in [1.29, 1.82) is 0 Å². The van der Waals surface area contributed by atoms with Crippen molar-refractivity contribution >= 4 is 10.0 Å². The summed E-state index contributed by atoms with van der Waals surface area (Å²) in [4.78, 5) is 4.20. The van der Waals surface area contributed by atoms with Gasteiger partial charge in [0.2, 0.25) is 0 Å². The Hall–Kier alpha value is -1.80. The number of hydrogen-bond acceptors (Lipinski definition) is 5. The number of hydrogen-bond donors (Lipinski definition) is 1. The molecule has 0 saturated heterocycles. The average Bonchev–Trinajstić information content (AvgIpc) is 2.80. The number of nitrogens with two attached hydrogens (primary N) is 1. The van der Waals surface area contributed by atoms with Gasteiger partial charge < -0.3 is 4.57 Å². The fourth-order valence-electron chi connectivity index (χ4n) is 1.82. The van der Waals surface area contributed by atoms with Crippen molar-refractivity contribution in [1.82, 2.24) is 19.7 Å². The molecule has 7 nitrogen and oxygen atoms in total. The third-order valence-electron chi connectivity index (χ3n) is 2.70. The SMILES string of the molecule is CCn1c(CCc2ccccn2)nnc1S(N)(=O)=O. The molecule has 0 unspecified atom stereocenters. The van der Waals surface area contributed by atoms with E-state index in [1.54, 1.807) is 6.20 Å². The van der Waals surface area contributed by atoms with Crippen LogP contribution in [0, 0.1) is 0 Å². The first-order valence-electron chi connectivity index (χ1n) is 5.87. The largest absolute Gasteiger partial charge is 0.301 e. The van der Waals surface area contributed by atoms with Crippen LogP contribution in [0.3, 0.4) is 0 Å². The maximum atomic E-state index is 11.3. The van der Waals surface area contributed by atoms with E-state index in [0.717, 1.165) is 5.69 Å². The van der Waals surface area contributed by atoms with Crippen molar-refractivity contribution < 1.29 is 8.42 Å². The summed E-state index contributed by atoms with van der Waals surface area (Å²) in [5, 5.41) is 12.4. The summed E-state index contributed by atoms with van der Waals surface area (Å²) in [6.07, 6.45) is 2.95. The first-order chi connectivity index (χ1) is 9.02. The molecule has 2 aromatic rings. The van der Waals surface area contributed by atoms with E-state index in [0.29, 0.717) is 25.2 Å². The summed E-state index contributed by atoms with van der Waals surface area (Å²) in [7, 11) is -3.83. The van der Waals surface area contributed by atoms with E-state index < -0.39 is 10.0 Å². The zero-order valence-electron chi connectivity index (χ0n) is 10.5. The van der Waals surface area contributed by atoms with E-state index >= 15 is 0 Å². The lowest BCUT2D eigenvalue weighted by Gasteiger charge is -2.05. The van der Waals surface area contributed by atoms with Gasteiger partial charge >= 0.3 is 0 Å². The van der Waals surface area contributed by atoms with Crippen LogP contribution in [-0.4, -0.2) is 28.2 Å². The van der Waals surface area contributed by atoms with Crippen molar-refractivity contribution in [2.24, 2.45) is 5.14 Å². The van der Waals surface area contributed by atoms with Gasteiger partial charge in [-0.1, -0.05) is 6.07 Å². The van der Waals surface area contributed by atoms with Gasteiger partial charge in [-0.2, -0.15) is 0 Å². The highest BCUT2D eigenvalue weighted by molar-refractivity contribution is 7.89. The van der Waals surface area contributed by atoms with Crippen molar-refractivity contribution in [3.8, 4) is 0 Å². The zero-order valence-corrected chi connectivity index (χ0v) is 11.3. The highest BCUT2D eigenvalue weighted by Crippen LogP contribution is 2.09. The molecule has 0 amide bonds. The third-order valence-corrected chi connectivity index (χ3v) is 3.51. The first kappa shape index (κ1) is 13.6. The average molecular weight is 281 g/mol. The van der Waals surface area contributed by atoms with E-state index in [1.807, 2.05) is 25.1 Å². The van der Waals surface area contributed by atoms with Crippen LogP contribution in [0.5, 0.6) is 0 Å². The summed E-state index contributed by atoms with van der Waals surface area (Å²) in [5.41, 5.74) is 0.922. The molecule has 19 heavy (non-hydrogen) atoms. The minimum atomic E-state index is -3.83. The van der Waals surface area contributed by atoms with Crippen molar-refractivity contribution in [3.63, 3.8) is 0 Å². The maximum absolute atomic E-state index is 11.3. The molecule has 2 aromatic heterocycles. The Morgan fingerprint density at radius 1 is 1.26 bits per heavy atom. The lowest BCUT2D eigenvalue weighted by Crippen LogP contribution is -2.19. The van der Waals surface area contributed by atoms with Crippen LogP contribution >= 0.6 is 0 Å². The second-order valence-electron chi connectivity index (χ2n) is 4.01. The molecular weight excluding hydrogens is 266 g/mol. The van der Waals surface area contributed by atoms with E-state index in [4.69, 9.17) is 5.14 Å². The van der Waals surface area contributed by atoms with Gasteiger partial charge in [0.1, 0.15) is 5.82 Å². The van der Waals surface area contributed by atoms with Crippen LogP contribution in [0.15, 0.2) is 29.6 Å². The summed E-state index contributed by atoms with van der Waals surface area (Å²) in [6, 6.07) is 5.66. The quantitative estimate of drug-likeness (QED) is 0.838. The van der Waals surface area contributed by atoms with Crippen LogP contribution in [0.25, 0.3) is 0 Å². The van der Waals surface area contributed by atoms with Gasteiger partial charge in [-0.15, -0.1) is 10.2 Å². The van der Waals surface area contributed by atoms with Gasteiger partial charge in [-0.25, -0.2) is 13.6 Å². The molecule has 0 saturated carbocycles. The molecule has 0 spiro atoms. The van der Waals surface area contributed by atoms with E-state index in [-0.39, 0.29) is 5.16 Å². The Morgan fingerprint density at radius 3 is 2.63 bits per heavy atom. The Labute approximate surface area is 111 Å². The zero-order chi connectivity index (χ0) is 13.9. The Kier molecular flexibility index (Phi) is 3.91. The summed E-state index contributed by atoms with van der Waals surface area (Å²) >= 11 is 0. The highest BCUT2D eigenvalue weighted by atomic mass is 32.2. The lowest BCUT2D eigenvalue weighted by molar-refractivity contribution is 0.563. The summed E-state index contributed by atoms with van der Waals surface area (Å²) < 4.78 is 24.2. The maximum Gasteiger partial charge on any atom is 0.273 e. The molecule has 0 aromatic carbocycles. The Balaban J connectivity index is 2.20. The number of rotatable bonds is 5. The van der Waals surface area contributed by atoms with Crippen molar-refractivity contribution in [2.75, 3.05) is 0 Å². The molecule has 0 bridgehead atoms. The van der Waals surface area contributed by atoms with Crippen LogP contribution in [-0.2, 0) is 29.4 Å². The fourth-order valence-corrected chi connectivity index (χ4v) is 2.51. The molecule has 102 valence electrons. The predicted molar refractivity (Wildman–Crippen MR) is 68.7 cm³/mol. The van der Waals surface area contributed by atoms with Crippen LogP contribution in [0.2, 0.25) is 0 Å². The number of nitrogens with zero attached hydrogens (tertiary/aromatic N) is 4. The molecule has 2 N–H and O–H groups in total. The van der Waals surface area contributed by atoms with Gasteiger partial charge in [0, 0.05) is 24.9 Å². The Bertz CT molecular complexity index is 651. The van der Waals surface area contributed by atoms with Crippen LogP contribution in [0.4, 0.5) is 0 Å². The standard InChI is InChI=1S/C11H15N5O2S/c1-2-16-10(14-15-11(16)19(12,17)18)7-6-9-5-3-4-8-13-9/h3-5,8H,2,6-7H2,1H3,(H2,12,17,18). The molecule has 0 aliphatic heterocycles. The van der Waals surface area contributed by atoms with Gasteiger partial charge in [0.25, 0.3) is 15.2 Å². The highest BCUT2D eigenvalue weighted by Gasteiger charge is 2.19. The minimum absolute atomic E-state index is 0.189. The fraction of sp³-hybridized carbons (Fsp3) is 0.364. The van der Waals surface area contributed by atoms with Crippen molar-refractivity contribution in [2.45, 2.75) is 31.5 Å². The van der Waals surface area contributed by atoms with Gasteiger partial charge in [0.15, 0.2) is 0 Å². The second-order valence-corrected chi connectivity index (χ2v) is 5.46. The van der Waals surface area contributed by atoms with Gasteiger partial charge in [0.05, 0.1) is 0 Å². The van der Waals surface area contributed by atoms with Crippen LogP contribution < -0.4 is 5.14 Å². The number of aromatic nitrogens is 4. The molecule has 0 radical (unpaired) electrons. The second kappa shape index (κ2) is 5.45. The Morgan fingerprint density at radius 2 is 2.05 bits per heavy atom. The molecule has 0 atom stereocenters. The van der Waals surface area contributed by atoms with Crippen molar-refractivity contribution in [3.05, 3.63) is 35.9 Å². The third kappa shape index (κ3) is 3.15. The van der Waals surface area contributed by atoms with Gasteiger partial charge in [-0.3, -0.25) is 4.98 Å². The molecule has 2 rings (SSSR count). The molecule has 0 fully saturated rings. The van der Waals surface area contributed by atoms with E-state index in [9.17, 15) is 8.42 Å². The van der Waals surface area contributed by atoms with E-state index in [2.05, 4.69) is 15.2 Å². The van der Waals surface area contributed by atoms with E-state index in [1.165, 1.54) is 4.57 Å². The molecule has 2 heterocycles. The van der Waals surface area contributed by atoms with Gasteiger partial charge in [-0.05, 0) is 25.5 Å². The lowest BCUT2D eigenvalue weighted by atomic mass is 10.2. The predicted octanol–water partition coefficient (Wildman–Crippen LogP) is 0.126. The number of primary sulfonamides is 1. The number of pyridine rings is 1. The molecular formula is C11H15N5O2S. The number of aryl methyl sites for hydroxylation is 2. The normalized spacial score (nSPS) is 11.7. The molecule has 0 aliphatic carbocycles. The molecule has 8 heteroatoms. The minimum Gasteiger partial charge on any atom is -0.301 e. The number of sulfonamides is 1. The van der Waals surface area contributed by atoms with Crippen LogP contribution in [0.1, 0.15) is 18.4 Å². The molecule has 0 aliphatic rings.